The van der Waals surface area contributed by atoms with Gasteiger partial charge in [0.1, 0.15) is 0 Å². The van der Waals surface area contributed by atoms with Gasteiger partial charge in [-0.1, -0.05) is 6.92 Å². The third kappa shape index (κ3) is 5.71. The van der Waals surface area contributed by atoms with Crippen LogP contribution in [0.4, 0.5) is 5.69 Å². The molecule has 0 aliphatic carbocycles. The lowest BCUT2D eigenvalue weighted by Gasteiger charge is -2.07. The molecule has 0 spiro atoms. The van der Waals surface area contributed by atoms with Crippen LogP contribution in [0.5, 0.6) is 0 Å². The summed E-state index contributed by atoms with van der Waals surface area (Å²) in [5, 5.41) is 6.33. The minimum absolute atomic E-state index is 0.163. The van der Waals surface area contributed by atoms with Crippen LogP contribution in [-0.4, -0.2) is 34.1 Å². The van der Waals surface area contributed by atoms with Crippen LogP contribution in [-0.2, 0) is 4.79 Å². The molecule has 2 N–H and O–H groups in total. The molecule has 2 heterocycles. The second-order valence-corrected chi connectivity index (χ2v) is 5.89. The van der Waals surface area contributed by atoms with Crippen molar-refractivity contribution in [1.29, 1.82) is 0 Å². The summed E-state index contributed by atoms with van der Waals surface area (Å²) in [6, 6.07) is 6.96. The summed E-state index contributed by atoms with van der Waals surface area (Å²) in [4.78, 5) is 31.8. The summed E-state index contributed by atoms with van der Waals surface area (Å²) in [5.74, 6) is 0.539. The molecule has 0 aliphatic heterocycles. The zero-order chi connectivity index (χ0) is 16.5. The van der Waals surface area contributed by atoms with Crippen LogP contribution in [0.1, 0.15) is 23.7 Å². The Morgan fingerprint density at radius 1 is 1.17 bits per heavy atom. The highest BCUT2D eigenvalue weighted by Gasteiger charge is 2.07. The van der Waals surface area contributed by atoms with Crippen LogP contribution in [0.15, 0.2) is 47.9 Å². The van der Waals surface area contributed by atoms with Crippen LogP contribution in [0.3, 0.4) is 0 Å². The minimum atomic E-state index is -0.234. The molecule has 0 radical (unpaired) electrons. The molecule has 0 bridgehead atoms. The van der Waals surface area contributed by atoms with Gasteiger partial charge in [0.05, 0.1) is 10.6 Å². The van der Waals surface area contributed by atoms with Crippen molar-refractivity contribution in [2.24, 2.45) is 0 Å². The van der Waals surface area contributed by atoms with Gasteiger partial charge in [0, 0.05) is 37.2 Å². The number of nitrogens with one attached hydrogen (secondary N) is 2. The predicted octanol–water partition coefficient (Wildman–Crippen LogP) is 2.35. The Hall–Kier alpha value is -2.41. The summed E-state index contributed by atoms with van der Waals surface area (Å²) < 4.78 is 0. The zero-order valence-corrected chi connectivity index (χ0v) is 13.6. The first-order valence-electron chi connectivity index (χ1n) is 7.26. The summed E-state index contributed by atoms with van der Waals surface area (Å²) in [7, 11) is 0. The van der Waals surface area contributed by atoms with Crippen LogP contribution < -0.4 is 10.6 Å². The van der Waals surface area contributed by atoms with E-state index in [0.29, 0.717) is 11.3 Å². The second kappa shape index (κ2) is 8.89. The van der Waals surface area contributed by atoms with E-state index >= 15 is 0 Å². The molecule has 2 rings (SSSR count). The normalized spacial score (nSPS) is 10.1. The molecule has 23 heavy (non-hydrogen) atoms. The SMILES string of the molecule is CCSc1ccc(C(=O)NCCC(=O)Nc2ccncc2)cn1. The number of thioether (sulfide) groups is 1. The first-order chi connectivity index (χ1) is 11.2. The van der Waals surface area contributed by atoms with Crippen LogP contribution in [0.25, 0.3) is 0 Å². The van der Waals surface area contributed by atoms with Crippen molar-refractivity contribution in [3.63, 3.8) is 0 Å². The van der Waals surface area contributed by atoms with Crippen LogP contribution in [0.2, 0.25) is 0 Å². The van der Waals surface area contributed by atoms with E-state index in [2.05, 4.69) is 20.6 Å². The van der Waals surface area contributed by atoms with Crippen molar-refractivity contribution < 1.29 is 9.59 Å². The van der Waals surface area contributed by atoms with Crippen molar-refractivity contribution in [3.05, 3.63) is 48.4 Å². The molecule has 0 unspecified atom stereocenters. The zero-order valence-electron chi connectivity index (χ0n) is 12.8. The van der Waals surface area contributed by atoms with Gasteiger partial charge in [0.15, 0.2) is 0 Å². The smallest absolute Gasteiger partial charge is 0.252 e. The molecule has 0 fully saturated rings. The number of amides is 2. The number of anilines is 1. The topological polar surface area (TPSA) is 84.0 Å². The van der Waals surface area contributed by atoms with Gasteiger partial charge in [-0.05, 0) is 30.0 Å². The highest BCUT2D eigenvalue weighted by molar-refractivity contribution is 7.99. The maximum atomic E-state index is 12.0. The van der Waals surface area contributed by atoms with E-state index in [-0.39, 0.29) is 24.8 Å². The fourth-order valence-electron chi connectivity index (χ4n) is 1.80. The second-order valence-electron chi connectivity index (χ2n) is 4.61. The molecule has 0 aliphatic rings. The largest absolute Gasteiger partial charge is 0.351 e. The van der Waals surface area contributed by atoms with Gasteiger partial charge in [-0.3, -0.25) is 14.6 Å². The van der Waals surface area contributed by atoms with E-state index in [0.717, 1.165) is 10.8 Å². The maximum Gasteiger partial charge on any atom is 0.252 e. The number of nitrogens with zero attached hydrogens (tertiary/aromatic N) is 2. The third-order valence-electron chi connectivity index (χ3n) is 2.89. The molecular weight excluding hydrogens is 312 g/mol. The minimum Gasteiger partial charge on any atom is -0.351 e. The van der Waals surface area contributed by atoms with Gasteiger partial charge in [-0.25, -0.2) is 4.98 Å². The molecule has 2 aromatic heterocycles. The first kappa shape index (κ1) is 17.0. The van der Waals surface area contributed by atoms with Crippen molar-refractivity contribution in [3.8, 4) is 0 Å². The van der Waals surface area contributed by atoms with Gasteiger partial charge < -0.3 is 10.6 Å². The molecule has 0 saturated heterocycles. The average Bonchev–Trinajstić information content (AvgIpc) is 2.56. The Labute approximate surface area is 139 Å². The summed E-state index contributed by atoms with van der Waals surface area (Å²) in [6.07, 6.45) is 4.95. The van der Waals surface area contributed by atoms with Gasteiger partial charge in [-0.15, -0.1) is 11.8 Å². The molecular formula is C16H18N4O2S. The number of carbonyl (C=O) groups excluding carboxylic acids is 2. The lowest BCUT2D eigenvalue weighted by atomic mass is 10.2. The highest BCUT2D eigenvalue weighted by Crippen LogP contribution is 2.14. The molecule has 2 aromatic rings. The monoisotopic (exact) mass is 330 g/mol. The Balaban J connectivity index is 1.74. The number of hydrogen-bond donors (Lipinski definition) is 2. The Morgan fingerprint density at radius 2 is 1.96 bits per heavy atom. The molecule has 0 saturated carbocycles. The molecule has 6 nitrogen and oxygen atoms in total. The highest BCUT2D eigenvalue weighted by atomic mass is 32.2. The van der Waals surface area contributed by atoms with Crippen LogP contribution in [0, 0.1) is 0 Å². The van der Waals surface area contributed by atoms with E-state index in [4.69, 9.17) is 0 Å². The summed E-state index contributed by atoms with van der Waals surface area (Å²) >= 11 is 1.62. The number of pyridine rings is 2. The van der Waals surface area contributed by atoms with E-state index < -0.39 is 0 Å². The number of aromatic nitrogens is 2. The van der Waals surface area contributed by atoms with Gasteiger partial charge in [0.25, 0.3) is 5.91 Å². The summed E-state index contributed by atoms with van der Waals surface area (Å²) in [5.41, 5.74) is 1.17. The van der Waals surface area contributed by atoms with Crippen molar-refractivity contribution in [2.75, 3.05) is 17.6 Å². The predicted molar refractivity (Wildman–Crippen MR) is 90.5 cm³/mol. The quantitative estimate of drug-likeness (QED) is 0.761. The lowest BCUT2D eigenvalue weighted by molar-refractivity contribution is -0.116. The fourth-order valence-corrected chi connectivity index (χ4v) is 2.39. The molecule has 120 valence electrons. The molecule has 0 aromatic carbocycles. The first-order valence-corrected chi connectivity index (χ1v) is 8.24. The Bertz CT molecular complexity index is 647. The van der Waals surface area contributed by atoms with Gasteiger partial charge in [0.2, 0.25) is 5.91 Å². The van der Waals surface area contributed by atoms with E-state index in [9.17, 15) is 9.59 Å². The number of hydrogen-bond acceptors (Lipinski definition) is 5. The van der Waals surface area contributed by atoms with Gasteiger partial charge in [-0.2, -0.15) is 0 Å². The Kier molecular flexibility index (Phi) is 6.56. The van der Waals surface area contributed by atoms with Crippen molar-refractivity contribution in [1.82, 2.24) is 15.3 Å². The average molecular weight is 330 g/mol. The van der Waals surface area contributed by atoms with Gasteiger partial charge >= 0.3 is 0 Å². The van der Waals surface area contributed by atoms with Crippen LogP contribution >= 0.6 is 11.8 Å². The van der Waals surface area contributed by atoms with E-state index in [1.165, 1.54) is 0 Å². The van der Waals surface area contributed by atoms with E-state index in [1.54, 1.807) is 48.6 Å². The fraction of sp³-hybridized carbons (Fsp3) is 0.250. The third-order valence-corrected chi connectivity index (χ3v) is 3.72. The number of carbonyl (C=O) groups is 2. The summed E-state index contributed by atoms with van der Waals surface area (Å²) in [6.45, 7) is 2.31. The van der Waals surface area contributed by atoms with Crippen molar-refractivity contribution >= 4 is 29.3 Å². The number of rotatable bonds is 7. The Morgan fingerprint density at radius 3 is 2.61 bits per heavy atom. The molecule has 0 atom stereocenters. The van der Waals surface area contributed by atoms with E-state index in [1.807, 2.05) is 13.0 Å². The standard InChI is InChI=1S/C16H18N4O2S/c1-2-23-15-4-3-12(11-19-15)16(22)18-10-7-14(21)20-13-5-8-17-9-6-13/h3-6,8-9,11H,2,7,10H2,1H3,(H,18,22)(H,17,20,21). The lowest BCUT2D eigenvalue weighted by Crippen LogP contribution is -2.27. The molecule has 7 heteroatoms. The van der Waals surface area contributed by atoms with Crippen molar-refractivity contribution in [2.45, 2.75) is 18.4 Å². The maximum absolute atomic E-state index is 12.0. The molecule has 2 amide bonds.